The van der Waals surface area contributed by atoms with Crippen molar-refractivity contribution in [2.45, 2.75) is 46.3 Å². The Hall–Kier alpha value is -0.840. The smallest absolute Gasteiger partial charge is 0.0860 e. The molecule has 19 heavy (non-hydrogen) atoms. The molecule has 2 heterocycles. The predicted molar refractivity (Wildman–Crippen MR) is 82.0 cm³/mol. The van der Waals surface area contributed by atoms with Gasteiger partial charge in [0, 0.05) is 19.1 Å². The highest BCUT2D eigenvalue weighted by molar-refractivity contribution is 7.07. The van der Waals surface area contributed by atoms with E-state index >= 15 is 0 Å². The first-order valence-corrected chi connectivity index (χ1v) is 7.90. The summed E-state index contributed by atoms with van der Waals surface area (Å²) < 4.78 is 1.97. The summed E-state index contributed by atoms with van der Waals surface area (Å²) in [6.45, 7) is 7.85. The molecule has 2 aromatic rings. The topological polar surface area (TPSA) is 29.9 Å². The van der Waals surface area contributed by atoms with Crippen LogP contribution in [0.5, 0.6) is 0 Å². The Balaban J connectivity index is 1.95. The molecule has 0 fully saturated rings. The Morgan fingerprint density at radius 3 is 2.95 bits per heavy atom. The number of hydrogen-bond donors (Lipinski definition) is 1. The Morgan fingerprint density at radius 1 is 1.53 bits per heavy atom. The minimum atomic E-state index is 0.422. The molecule has 0 aromatic carbocycles. The quantitative estimate of drug-likeness (QED) is 0.882. The first-order valence-electron chi connectivity index (χ1n) is 6.58. The number of nitrogens with one attached hydrogen (secondary N) is 1. The third-order valence-corrected chi connectivity index (χ3v) is 4.42. The summed E-state index contributed by atoms with van der Waals surface area (Å²) in [4.78, 5) is 0. The number of halogens is 1. The maximum Gasteiger partial charge on any atom is 0.0860 e. The zero-order chi connectivity index (χ0) is 13.8. The maximum atomic E-state index is 6.30. The number of rotatable bonds is 6. The van der Waals surface area contributed by atoms with E-state index in [0.29, 0.717) is 6.04 Å². The number of hydrogen-bond acceptors (Lipinski definition) is 3. The van der Waals surface area contributed by atoms with Gasteiger partial charge in [-0.05, 0) is 49.6 Å². The van der Waals surface area contributed by atoms with Gasteiger partial charge in [0.1, 0.15) is 0 Å². The number of thiophene rings is 1. The number of aromatic nitrogens is 2. The third kappa shape index (κ3) is 3.59. The first-order chi connectivity index (χ1) is 9.11. The average Bonchev–Trinajstić information content (AvgIpc) is 2.97. The zero-order valence-corrected chi connectivity index (χ0v) is 13.2. The highest BCUT2D eigenvalue weighted by Crippen LogP contribution is 2.20. The molecule has 0 radical (unpaired) electrons. The largest absolute Gasteiger partial charge is 0.308 e. The summed E-state index contributed by atoms with van der Waals surface area (Å²) in [5.74, 6) is 0. The Morgan fingerprint density at radius 2 is 2.32 bits per heavy atom. The van der Waals surface area contributed by atoms with Crippen LogP contribution in [-0.4, -0.2) is 15.8 Å². The van der Waals surface area contributed by atoms with E-state index in [4.69, 9.17) is 11.6 Å². The first kappa shape index (κ1) is 14.6. The minimum absolute atomic E-state index is 0.422. The van der Waals surface area contributed by atoms with Crippen LogP contribution in [0.2, 0.25) is 5.02 Å². The second-order valence-electron chi connectivity index (χ2n) is 4.78. The van der Waals surface area contributed by atoms with E-state index in [1.54, 1.807) is 11.3 Å². The molecule has 1 N–H and O–H groups in total. The summed E-state index contributed by atoms with van der Waals surface area (Å²) >= 11 is 8.04. The third-order valence-electron chi connectivity index (χ3n) is 3.19. The van der Waals surface area contributed by atoms with Crippen LogP contribution < -0.4 is 5.32 Å². The number of aryl methyl sites for hydroxylation is 2. The molecule has 2 rings (SSSR count). The van der Waals surface area contributed by atoms with Crippen molar-refractivity contribution in [1.82, 2.24) is 15.1 Å². The highest BCUT2D eigenvalue weighted by atomic mass is 35.5. The minimum Gasteiger partial charge on any atom is -0.308 e. The molecule has 0 saturated heterocycles. The second-order valence-corrected chi connectivity index (χ2v) is 5.94. The lowest BCUT2D eigenvalue weighted by atomic mass is 10.1. The van der Waals surface area contributed by atoms with E-state index in [1.165, 1.54) is 5.56 Å². The van der Waals surface area contributed by atoms with Gasteiger partial charge in [-0.25, -0.2) is 0 Å². The van der Waals surface area contributed by atoms with E-state index < -0.39 is 0 Å². The van der Waals surface area contributed by atoms with Crippen LogP contribution in [0.1, 0.15) is 30.8 Å². The molecule has 2 aromatic heterocycles. The van der Waals surface area contributed by atoms with Crippen LogP contribution in [0, 0.1) is 6.92 Å². The maximum absolute atomic E-state index is 6.30. The molecule has 0 aliphatic rings. The summed E-state index contributed by atoms with van der Waals surface area (Å²) in [7, 11) is 0. The summed E-state index contributed by atoms with van der Waals surface area (Å²) in [5.41, 5.74) is 3.38. The van der Waals surface area contributed by atoms with Gasteiger partial charge in [-0.1, -0.05) is 11.6 Å². The van der Waals surface area contributed by atoms with E-state index in [1.807, 2.05) is 11.6 Å². The monoisotopic (exact) mass is 297 g/mol. The van der Waals surface area contributed by atoms with E-state index in [9.17, 15) is 0 Å². The van der Waals surface area contributed by atoms with Gasteiger partial charge in [-0.3, -0.25) is 4.68 Å². The fourth-order valence-electron chi connectivity index (χ4n) is 2.14. The molecule has 0 saturated carbocycles. The molecule has 0 spiro atoms. The molecule has 0 bridgehead atoms. The Kier molecular flexibility index (Phi) is 5.02. The lowest BCUT2D eigenvalue weighted by Gasteiger charge is -2.14. The van der Waals surface area contributed by atoms with Crippen LogP contribution in [0.3, 0.4) is 0 Å². The van der Waals surface area contributed by atoms with Crippen molar-refractivity contribution in [1.29, 1.82) is 0 Å². The van der Waals surface area contributed by atoms with Crippen molar-refractivity contribution in [2.75, 3.05) is 0 Å². The molecule has 0 aliphatic carbocycles. The van der Waals surface area contributed by atoms with Gasteiger partial charge in [-0.2, -0.15) is 16.4 Å². The Bertz CT molecular complexity index is 519. The molecule has 5 heteroatoms. The van der Waals surface area contributed by atoms with Gasteiger partial charge in [0.2, 0.25) is 0 Å². The van der Waals surface area contributed by atoms with Crippen molar-refractivity contribution < 1.29 is 0 Å². The zero-order valence-electron chi connectivity index (χ0n) is 11.6. The van der Waals surface area contributed by atoms with Gasteiger partial charge in [-0.15, -0.1) is 0 Å². The van der Waals surface area contributed by atoms with Gasteiger partial charge >= 0.3 is 0 Å². The van der Waals surface area contributed by atoms with Crippen LogP contribution >= 0.6 is 22.9 Å². The van der Waals surface area contributed by atoms with Crippen molar-refractivity contribution >= 4 is 22.9 Å². The summed E-state index contributed by atoms with van der Waals surface area (Å²) in [6, 6.07) is 2.60. The standard InChI is InChI=1S/C14H20ClN3S/c1-4-18-13(14(15)11(3)17-18)8-16-10(2)7-12-5-6-19-9-12/h5-6,9-10,16H,4,7-8H2,1-3H3. The van der Waals surface area contributed by atoms with Gasteiger partial charge in [0.15, 0.2) is 0 Å². The molecular formula is C14H20ClN3S. The molecule has 1 unspecified atom stereocenters. The second kappa shape index (κ2) is 6.55. The fourth-order valence-corrected chi connectivity index (χ4v) is 3.03. The predicted octanol–water partition coefficient (Wildman–Crippen LogP) is 3.65. The summed E-state index contributed by atoms with van der Waals surface area (Å²) in [6.07, 6.45) is 1.04. The van der Waals surface area contributed by atoms with Crippen molar-refractivity contribution in [3.63, 3.8) is 0 Å². The van der Waals surface area contributed by atoms with Gasteiger partial charge < -0.3 is 5.32 Å². The SMILES string of the molecule is CCn1nc(C)c(Cl)c1CNC(C)Cc1ccsc1. The van der Waals surface area contributed by atoms with E-state index in [-0.39, 0.29) is 0 Å². The molecule has 0 aliphatic heterocycles. The highest BCUT2D eigenvalue weighted by Gasteiger charge is 2.13. The molecule has 3 nitrogen and oxygen atoms in total. The van der Waals surface area contributed by atoms with Crippen molar-refractivity contribution in [2.24, 2.45) is 0 Å². The van der Waals surface area contributed by atoms with Crippen LogP contribution in [0.4, 0.5) is 0 Å². The molecule has 104 valence electrons. The van der Waals surface area contributed by atoms with Crippen LogP contribution in [0.25, 0.3) is 0 Å². The van der Waals surface area contributed by atoms with Crippen molar-refractivity contribution in [3.8, 4) is 0 Å². The van der Waals surface area contributed by atoms with Gasteiger partial charge in [0.05, 0.1) is 16.4 Å². The van der Waals surface area contributed by atoms with Crippen molar-refractivity contribution in [3.05, 3.63) is 38.8 Å². The average molecular weight is 298 g/mol. The normalized spacial score (nSPS) is 12.8. The summed E-state index contributed by atoms with van der Waals surface area (Å²) in [5, 5.41) is 13.1. The lowest BCUT2D eigenvalue weighted by Crippen LogP contribution is -2.28. The Labute approximate surface area is 123 Å². The fraction of sp³-hybridized carbons (Fsp3) is 0.500. The lowest BCUT2D eigenvalue weighted by molar-refractivity contribution is 0.514. The molecule has 1 atom stereocenters. The van der Waals surface area contributed by atoms with E-state index in [0.717, 1.165) is 35.9 Å². The number of nitrogens with zero attached hydrogens (tertiary/aromatic N) is 2. The van der Waals surface area contributed by atoms with E-state index in [2.05, 4.69) is 41.1 Å². The van der Waals surface area contributed by atoms with Gasteiger partial charge in [0.25, 0.3) is 0 Å². The molecule has 0 amide bonds. The van der Waals surface area contributed by atoms with Crippen LogP contribution in [-0.2, 0) is 19.5 Å². The molecular weight excluding hydrogens is 278 g/mol. The van der Waals surface area contributed by atoms with Crippen LogP contribution in [0.15, 0.2) is 16.8 Å².